The van der Waals surface area contributed by atoms with Gasteiger partial charge in [-0.15, -0.1) is 0 Å². The number of aromatic nitrogens is 3. The molecule has 0 radical (unpaired) electrons. The maximum Gasteiger partial charge on any atom is 0.414 e. The SMILES string of the molecule is CC(C)(C)OC(=O)N1CCc2cccc(Nc3cc(NCC(F)F)c4cnn(-c5ccccc5)c4n3)c21. The number of anilines is 4. The molecule has 0 fully saturated rings. The van der Waals surface area contributed by atoms with Crippen LogP contribution in [0.3, 0.4) is 0 Å². The topological polar surface area (TPSA) is 84.3 Å². The number of nitrogens with zero attached hydrogens (tertiary/aromatic N) is 4. The number of fused-ring (bicyclic) bond motifs is 2. The van der Waals surface area contributed by atoms with E-state index in [1.54, 1.807) is 21.8 Å². The van der Waals surface area contributed by atoms with Crippen LogP contribution in [0.4, 0.5) is 36.5 Å². The van der Waals surface area contributed by atoms with Crippen molar-refractivity contribution in [2.75, 3.05) is 28.6 Å². The highest BCUT2D eigenvalue weighted by Crippen LogP contribution is 2.38. The molecule has 4 aromatic rings. The Morgan fingerprint density at radius 3 is 2.62 bits per heavy atom. The number of carbonyl (C=O) groups is 1. The molecule has 0 aliphatic carbocycles. The summed E-state index contributed by atoms with van der Waals surface area (Å²) < 4.78 is 33.4. The molecule has 1 aliphatic rings. The molecule has 8 nitrogen and oxygen atoms in total. The van der Waals surface area contributed by atoms with Crippen molar-refractivity contribution in [1.29, 1.82) is 0 Å². The summed E-state index contributed by atoms with van der Waals surface area (Å²) in [5.41, 5.74) is 3.53. The molecule has 37 heavy (non-hydrogen) atoms. The van der Waals surface area contributed by atoms with E-state index in [1.807, 2.05) is 69.3 Å². The van der Waals surface area contributed by atoms with Crippen LogP contribution in [0.2, 0.25) is 0 Å². The zero-order valence-electron chi connectivity index (χ0n) is 20.8. The summed E-state index contributed by atoms with van der Waals surface area (Å²) in [7, 11) is 0. The van der Waals surface area contributed by atoms with Crippen LogP contribution in [-0.4, -0.2) is 46.0 Å². The Balaban J connectivity index is 1.56. The molecule has 0 saturated carbocycles. The third-order valence-electron chi connectivity index (χ3n) is 5.86. The normalized spacial score (nSPS) is 13.2. The van der Waals surface area contributed by atoms with Crippen molar-refractivity contribution < 1.29 is 18.3 Å². The molecule has 2 aromatic heterocycles. The van der Waals surface area contributed by atoms with E-state index in [-0.39, 0.29) is 0 Å². The fourth-order valence-corrected chi connectivity index (χ4v) is 4.35. The number of hydrogen-bond acceptors (Lipinski definition) is 6. The van der Waals surface area contributed by atoms with E-state index in [0.29, 0.717) is 41.2 Å². The predicted molar refractivity (Wildman–Crippen MR) is 140 cm³/mol. The Morgan fingerprint density at radius 2 is 1.89 bits per heavy atom. The van der Waals surface area contributed by atoms with Gasteiger partial charge in [0, 0.05) is 12.6 Å². The number of rotatable bonds is 6. The molecular formula is C27H28F2N6O2. The van der Waals surface area contributed by atoms with Crippen LogP contribution in [0.5, 0.6) is 0 Å². The molecule has 0 bridgehead atoms. The van der Waals surface area contributed by atoms with Gasteiger partial charge in [0.25, 0.3) is 6.43 Å². The minimum atomic E-state index is -2.52. The van der Waals surface area contributed by atoms with E-state index in [0.717, 1.165) is 16.9 Å². The number of ether oxygens (including phenoxy) is 1. The van der Waals surface area contributed by atoms with E-state index >= 15 is 0 Å². The van der Waals surface area contributed by atoms with Gasteiger partial charge in [0.2, 0.25) is 0 Å². The summed E-state index contributed by atoms with van der Waals surface area (Å²) >= 11 is 0. The van der Waals surface area contributed by atoms with Crippen LogP contribution in [0, 0.1) is 0 Å². The predicted octanol–water partition coefficient (Wildman–Crippen LogP) is 6.14. The molecule has 5 rings (SSSR count). The average Bonchev–Trinajstić information content (AvgIpc) is 3.47. The smallest absolute Gasteiger partial charge is 0.414 e. The van der Waals surface area contributed by atoms with E-state index in [1.165, 1.54) is 0 Å². The highest BCUT2D eigenvalue weighted by Gasteiger charge is 2.31. The molecule has 192 valence electrons. The first kappa shape index (κ1) is 24.5. The second-order valence-electron chi connectivity index (χ2n) is 9.78. The fourth-order valence-electron chi connectivity index (χ4n) is 4.35. The van der Waals surface area contributed by atoms with Crippen molar-refractivity contribution >= 4 is 40.0 Å². The number of alkyl halides is 2. The maximum atomic E-state index is 13.1. The average molecular weight is 507 g/mol. The Bertz CT molecular complexity index is 1430. The lowest BCUT2D eigenvalue weighted by atomic mass is 10.1. The first-order valence-corrected chi connectivity index (χ1v) is 12.1. The standard InChI is InChI=1S/C27H28F2N6O2/c1-27(2,3)37-26(36)34-13-12-17-8-7-11-20(24(17)34)32-23-14-21(30-16-22(28)29)19-15-31-35(25(19)33-23)18-9-5-4-6-10-18/h4-11,14-15,22H,12-13,16H2,1-3H3,(H2,30,32,33). The second-order valence-corrected chi connectivity index (χ2v) is 9.78. The van der Waals surface area contributed by atoms with Gasteiger partial charge in [-0.1, -0.05) is 30.3 Å². The molecule has 0 unspecified atom stereocenters. The third kappa shape index (κ3) is 5.18. The Labute approximate surface area is 213 Å². The van der Waals surface area contributed by atoms with Crippen LogP contribution in [0.1, 0.15) is 26.3 Å². The van der Waals surface area contributed by atoms with Gasteiger partial charge in [-0.25, -0.2) is 23.2 Å². The molecule has 0 spiro atoms. The quantitative estimate of drug-likeness (QED) is 0.327. The summed E-state index contributed by atoms with van der Waals surface area (Å²) in [5, 5.41) is 11.2. The first-order chi connectivity index (χ1) is 17.7. The minimum absolute atomic E-state index is 0.423. The Hall–Kier alpha value is -4.21. The van der Waals surface area contributed by atoms with Crippen molar-refractivity contribution in [2.45, 2.75) is 39.2 Å². The van der Waals surface area contributed by atoms with Crippen molar-refractivity contribution in [3.63, 3.8) is 0 Å². The van der Waals surface area contributed by atoms with Gasteiger partial charge < -0.3 is 15.4 Å². The zero-order valence-corrected chi connectivity index (χ0v) is 20.8. The Morgan fingerprint density at radius 1 is 1.11 bits per heavy atom. The number of carbonyl (C=O) groups excluding carboxylic acids is 1. The Kier molecular flexibility index (Phi) is 6.41. The number of para-hydroxylation sites is 2. The lowest BCUT2D eigenvalue weighted by molar-refractivity contribution is 0.0584. The van der Waals surface area contributed by atoms with Gasteiger partial charge in [-0.3, -0.25) is 4.90 Å². The molecule has 0 atom stereocenters. The lowest BCUT2D eigenvalue weighted by Crippen LogP contribution is -2.36. The summed E-state index contributed by atoms with van der Waals surface area (Å²) in [5.74, 6) is 0.423. The van der Waals surface area contributed by atoms with Crippen molar-refractivity contribution in [1.82, 2.24) is 14.8 Å². The number of halogens is 2. The third-order valence-corrected chi connectivity index (χ3v) is 5.86. The van der Waals surface area contributed by atoms with Crippen LogP contribution >= 0.6 is 0 Å². The van der Waals surface area contributed by atoms with E-state index in [4.69, 9.17) is 9.72 Å². The summed E-state index contributed by atoms with van der Waals surface area (Å²) in [6.45, 7) is 5.47. The summed E-state index contributed by atoms with van der Waals surface area (Å²) in [6, 6.07) is 16.9. The van der Waals surface area contributed by atoms with Crippen LogP contribution in [-0.2, 0) is 11.2 Å². The zero-order chi connectivity index (χ0) is 26.2. The summed E-state index contributed by atoms with van der Waals surface area (Å²) in [6.07, 6.45) is -0.649. The highest BCUT2D eigenvalue weighted by atomic mass is 19.3. The van der Waals surface area contributed by atoms with Gasteiger partial charge in [0.05, 0.1) is 40.9 Å². The lowest BCUT2D eigenvalue weighted by Gasteiger charge is -2.26. The minimum Gasteiger partial charge on any atom is -0.443 e. The van der Waals surface area contributed by atoms with Gasteiger partial charge in [-0.05, 0) is 51.0 Å². The van der Waals surface area contributed by atoms with Crippen LogP contribution in [0.15, 0.2) is 60.8 Å². The maximum absolute atomic E-state index is 13.1. The van der Waals surface area contributed by atoms with Crippen molar-refractivity contribution in [3.8, 4) is 5.69 Å². The van der Waals surface area contributed by atoms with E-state index in [2.05, 4.69) is 15.7 Å². The molecule has 0 saturated heterocycles. The van der Waals surface area contributed by atoms with Gasteiger partial charge >= 0.3 is 6.09 Å². The summed E-state index contributed by atoms with van der Waals surface area (Å²) in [4.78, 5) is 19.3. The molecule has 10 heteroatoms. The van der Waals surface area contributed by atoms with Gasteiger partial charge in [0.15, 0.2) is 5.65 Å². The molecule has 1 aliphatic heterocycles. The van der Waals surface area contributed by atoms with E-state index in [9.17, 15) is 13.6 Å². The number of nitrogens with one attached hydrogen (secondary N) is 2. The van der Waals surface area contributed by atoms with E-state index < -0.39 is 24.7 Å². The molecule has 2 N–H and O–H groups in total. The number of benzene rings is 2. The van der Waals surface area contributed by atoms with Crippen LogP contribution < -0.4 is 15.5 Å². The second kappa shape index (κ2) is 9.68. The van der Waals surface area contributed by atoms with Gasteiger partial charge in [0.1, 0.15) is 11.4 Å². The fraction of sp³-hybridized carbons (Fsp3) is 0.296. The molecule has 3 heterocycles. The number of hydrogen-bond donors (Lipinski definition) is 2. The molecular weight excluding hydrogens is 478 g/mol. The van der Waals surface area contributed by atoms with Gasteiger partial charge in [-0.2, -0.15) is 5.10 Å². The molecule has 2 aromatic carbocycles. The molecule has 1 amide bonds. The monoisotopic (exact) mass is 506 g/mol. The van der Waals surface area contributed by atoms with Crippen molar-refractivity contribution in [3.05, 3.63) is 66.4 Å². The number of pyridine rings is 1. The van der Waals surface area contributed by atoms with Crippen LogP contribution in [0.25, 0.3) is 16.7 Å². The number of amides is 1. The first-order valence-electron chi connectivity index (χ1n) is 12.1. The largest absolute Gasteiger partial charge is 0.443 e. The van der Waals surface area contributed by atoms with Crippen molar-refractivity contribution in [2.24, 2.45) is 0 Å². The highest BCUT2D eigenvalue weighted by molar-refractivity contribution is 5.97.